The number of allylic oxidation sites excluding steroid dienone is 11. The summed E-state index contributed by atoms with van der Waals surface area (Å²) in [5, 5.41) is 13.9. The molecule has 0 saturated carbocycles. The average molecular weight is 918 g/mol. The number of unbranched alkanes of at least 4 members (excludes halogenated alkanes) is 24. The fourth-order valence-corrected chi connectivity index (χ4v) is 7.93. The van der Waals surface area contributed by atoms with Gasteiger partial charge in [0, 0.05) is 6.42 Å². The summed E-state index contributed by atoms with van der Waals surface area (Å²) in [5.41, 5.74) is 0. The number of hydrogen-bond donors (Lipinski definition) is 3. The monoisotopic (exact) mass is 918 g/mol. The van der Waals surface area contributed by atoms with Crippen molar-refractivity contribution < 1.29 is 32.9 Å². The minimum absolute atomic E-state index is 0.0476. The van der Waals surface area contributed by atoms with Crippen molar-refractivity contribution in [3.63, 3.8) is 0 Å². The zero-order chi connectivity index (χ0) is 47.1. The summed E-state index contributed by atoms with van der Waals surface area (Å²) in [6.07, 6.45) is 62.7. The van der Waals surface area contributed by atoms with Crippen molar-refractivity contribution in [2.75, 3.05) is 40.9 Å². The second kappa shape index (κ2) is 46.1. The van der Waals surface area contributed by atoms with Crippen molar-refractivity contribution in [3.05, 3.63) is 72.9 Å². The molecule has 0 aromatic heterocycles. The first-order valence-electron chi connectivity index (χ1n) is 26.3. The van der Waals surface area contributed by atoms with Crippen LogP contribution in [0.4, 0.5) is 0 Å². The molecule has 0 rings (SSSR count). The number of aliphatic hydroxyl groups is 1. The molecule has 0 radical (unpaired) electrons. The van der Waals surface area contributed by atoms with Gasteiger partial charge >= 0.3 is 7.82 Å². The molecule has 0 aliphatic rings. The highest BCUT2D eigenvalue weighted by molar-refractivity contribution is 7.47. The van der Waals surface area contributed by atoms with Gasteiger partial charge < -0.3 is 19.8 Å². The van der Waals surface area contributed by atoms with Crippen LogP contribution in [0.15, 0.2) is 72.9 Å². The predicted octanol–water partition coefficient (Wildman–Crippen LogP) is 15.5. The van der Waals surface area contributed by atoms with Crippen LogP contribution in [-0.4, -0.2) is 73.4 Å². The van der Waals surface area contributed by atoms with E-state index in [-0.39, 0.29) is 19.1 Å². The fourth-order valence-electron chi connectivity index (χ4n) is 7.20. The molecule has 0 aromatic rings. The van der Waals surface area contributed by atoms with Crippen molar-refractivity contribution in [2.45, 2.75) is 231 Å². The largest absolute Gasteiger partial charge is 0.472 e. The zero-order valence-corrected chi connectivity index (χ0v) is 43.1. The number of hydrogen-bond acceptors (Lipinski definition) is 5. The summed E-state index contributed by atoms with van der Waals surface area (Å²) in [4.78, 5) is 23.2. The Morgan fingerprint density at radius 3 is 1.36 bits per heavy atom. The van der Waals surface area contributed by atoms with Crippen molar-refractivity contribution in [1.29, 1.82) is 0 Å². The molecule has 0 bridgehead atoms. The van der Waals surface area contributed by atoms with Gasteiger partial charge in [-0.2, -0.15) is 0 Å². The van der Waals surface area contributed by atoms with Gasteiger partial charge in [0.15, 0.2) is 0 Å². The maximum Gasteiger partial charge on any atom is 0.472 e. The molecule has 0 fully saturated rings. The van der Waals surface area contributed by atoms with Crippen LogP contribution >= 0.6 is 7.82 Å². The quantitative estimate of drug-likeness (QED) is 0.0243. The Morgan fingerprint density at radius 1 is 0.531 bits per heavy atom. The predicted molar refractivity (Wildman–Crippen MR) is 276 cm³/mol. The van der Waals surface area contributed by atoms with E-state index in [0.717, 1.165) is 70.6 Å². The highest BCUT2D eigenvalue weighted by atomic mass is 31.2. The topological polar surface area (TPSA) is 105 Å². The van der Waals surface area contributed by atoms with Gasteiger partial charge in [0.25, 0.3) is 0 Å². The maximum atomic E-state index is 12.9. The fraction of sp³-hybridized carbons (Fsp3) is 0.764. The van der Waals surface area contributed by atoms with Crippen LogP contribution in [0.1, 0.15) is 219 Å². The number of amides is 1. The standard InChI is InChI=1S/C55H101N2O6P/c1-6-8-10-12-14-16-18-20-22-24-26-28-30-32-34-36-38-40-42-44-46-48-54(58)53(52-63-64(60,61)62-51-50-57(3,4)5)56-55(59)49-47-45-43-41-39-37-35-33-31-29-27-25-23-21-19-17-15-13-11-9-7-2/h19,21,25,27,30-33,38,40,46,48,53-54,58H,6-18,20,22-24,26,28-29,34-37,39,41-45,47,49-52H2,1-5H3,(H-,56,59,60,61)/p+1/b21-19-,27-25-,32-30+,33-31-,40-38+,48-46+. The number of carbonyl (C=O) groups excluding carboxylic acids is 1. The Bertz CT molecular complexity index is 1270. The second-order valence-corrected chi connectivity index (χ2v) is 20.3. The first-order valence-corrected chi connectivity index (χ1v) is 27.8. The number of likely N-dealkylation sites (N-methyl/N-ethyl adjacent to an activating group) is 1. The summed E-state index contributed by atoms with van der Waals surface area (Å²) in [6.45, 7) is 4.76. The lowest BCUT2D eigenvalue weighted by atomic mass is 10.1. The third kappa shape index (κ3) is 47.9. The van der Waals surface area contributed by atoms with E-state index in [2.05, 4.69) is 79.9 Å². The summed E-state index contributed by atoms with van der Waals surface area (Å²) >= 11 is 0. The van der Waals surface area contributed by atoms with Gasteiger partial charge in [-0.15, -0.1) is 0 Å². The van der Waals surface area contributed by atoms with Crippen LogP contribution in [0.25, 0.3) is 0 Å². The van der Waals surface area contributed by atoms with Crippen LogP contribution in [0.3, 0.4) is 0 Å². The molecule has 0 aliphatic carbocycles. The van der Waals surface area contributed by atoms with Gasteiger partial charge in [0.2, 0.25) is 5.91 Å². The number of phosphoric acid groups is 1. The van der Waals surface area contributed by atoms with Gasteiger partial charge in [0.1, 0.15) is 13.2 Å². The molecule has 8 nitrogen and oxygen atoms in total. The molecule has 0 aliphatic heterocycles. The number of nitrogens with one attached hydrogen (secondary N) is 1. The minimum atomic E-state index is -4.36. The average Bonchev–Trinajstić information content (AvgIpc) is 3.25. The number of carbonyl (C=O) groups is 1. The summed E-state index contributed by atoms with van der Waals surface area (Å²) < 4.78 is 23.6. The highest BCUT2D eigenvalue weighted by Gasteiger charge is 2.27. The molecule has 0 heterocycles. The Morgan fingerprint density at radius 2 is 0.906 bits per heavy atom. The molecule has 0 aromatic carbocycles. The smallest absolute Gasteiger partial charge is 0.387 e. The highest BCUT2D eigenvalue weighted by Crippen LogP contribution is 2.43. The number of aliphatic hydroxyl groups excluding tert-OH is 1. The van der Waals surface area contributed by atoms with Gasteiger partial charge in [-0.25, -0.2) is 4.57 Å². The molecule has 0 saturated heterocycles. The zero-order valence-electron chi connectivity index (χ0n) is 42.3. The molecular weight excluding hydrogens is 816 g/mol. The van der Waals surface area contributed by atoms with Gasteiger partial charge in [0.05, 0.1) is 39.9 Å². The van der Waals surface area contributed by atoms with Crippen LogP contribution in [-0.2, 0) is 18.4 Å². The summed E-state index contributed by atoms with van der Waals surface area (Å²) in [7, 11) is 1.53. The summed E-state index contributed by atoms with van der Waals surface area (Å²) in [5.74, 6) is -0.205. The molecular formula is C55H102N2O6P+. The Kier molecular flexibility index (Phi) is 44.6. The Balaban J connectivity index is 4.42. The van der Waals surface area contributed by atoms with E-state index in [1.807, 2.05) is 27.2 Å². The van der Waals surface area contributed by atoms with Crippen LogP contribution in [0, 0.1) is 0 Å². The van der Waals surface area contributed by atoms with E-state index in [1.54, 1.807) is 6.08 Å². The molecule has 3 unspecified atom stereocenters. The van der Waals surface area contributed by atoms with Crippen LogP contribution in [0.5, 0.6) is 0 Å². The minimum Gasteiger partial charge on any atom is -0.387 e. The molecule has 372 valence electrons. The van der Waals surface area contributed by atoms with E-state index in [9.17, 15) is 19.4 Å². The first-order chi connectivity index (χ1) is 31.0. The lowest BCUT2D eigenvalue weighted by Gasteiger charge is -2.25. The van der Waals surface area contributed by atoms with E-state index >= 15 is 0 Å². The number of quaternary nitrogens is 1. The van der Waals surface area contributed by atoms with E-state index in [0.29, 0.717) is 17.4 Å². The third-order valence-electron chi connectivity index (χ3n) is 11.4. The Hall–Kier alpha value is -2.06. The number of nitrogens with zero attached hydrogens (tertiary/aromatic N) is 1. The summed E-state index contributed by atoms with van der Waals surface area (Å²) in [6, 6.07) is -0.881. The Labute approximate surface area is 395 Å². The van der Waals surface area contributed by atoms with Gasteiger partial charge in [-0.1, -0.05) is 202 Å². The maximum absolute atomic E-state index is 12.9. The molecule has 3 N–H and O–H groups in total. The molecule has 9 heteroatoms. The molecule has 3 atom stereocenters. The van der Waals surface area contributed by atoms with Crippen LogP contribution in [0.2, 0.25) is 0 Å². The molecule has 1 amide bonds. The number of rotatable bonds is 47. The lowest BCUT2D eigenvalue weighted by molar-refractivity contribution is -0.870. The van der Waals surface area contributed by atoms with Crippen molar-refractivity contribution in [3.8, 4) is 0 Å². The molecule has 0 spiro atoms. The third-order valence-corrected chi connectivity index (χ3v) is 12.4. The first kappa shape index (κ1) is 61.9. The van der Waals surface area contributed by atoms with Crippen molar-refractivity contribution in [1.82, 2.24) is 5.32 Å². The second-order valence-electron chi connectivity index (χ2n) is 18.9. The lowest BCUT2D eigenvalue weighted by Crippen LogP contribution is -2.45. The van der Waals surface area contributed by atoms with E-state index in [4.69, 9.17) is 9.05 Å². The number of phosphoric ester groups is 1. The van der Waals surface area contributed by atoms with E-state index in [1.165, 1.54) is 128 Å². The van der Waals surface area contributed by atoms with Crippen molar-refractivity contribution >= 4 is 13.7 Å². The van der Waals surface area contributed by atoms with E-state index < -0.39 is 20.0 Å². The van der Waals surface area contributed by atoms with Gasteiger partial charge in [-0.05, 0) is 83.5 Å². The van der Waals surface area contributed by atoms with Crippen LogP contribution < -0.4 is 5.32 Å². The van der Waals surface area contributed by atoms with Gasteiger partial charge in [-0.3, -0.25) is 13.8 Å². The SMILES string of the molecule is CCCCCCC/C=C\C/C=C\C/C=C\CCCCCCCCC(=O)NC(COP(=O)(O)OCC[N+](C)(C)C)C(O)/C=C/CC/C=C/CC/C=C/CCCCCCCCCCCCC. The molecule has 64 heavy (non-hydrogen) atoms. The normalized spacial score (nSPS) is 14.7. The van der Waals surface area contributed by atoms with Crippen molar-refractivity contribution in [2.24, 2.45) is 0 Å².